The Labute approximate surface area is 176 Å². The molecule has 1 aliphatic heterocycles. The van der Waals surface area contributed by atoms with Crippen molar-refractivity contribution in [2.45, 2.75) is 19.9 Å². The van der Waals surface area contributed by atoms with E-state index >= 15 is 0 Å². The molecule has 3 aromatic rings. The predicted molar refractivity (Wildman–Crippen MR) is 118 cm³/mol. The van der Waals surface area contributed by atoms with Gasteiger partial charge in [0.1, 0.15) is 18.3 Å². The van der Waals surface area contributed by atoms with Gasteiger partial charge in [-0.05, 0) is 55.8 Å². The number of aryl methyl sites for hydroxylation is 2. The molecule has 1 unspecified atom stereocenters. The summed E-state index contributed by atoms with van der Waals surface area (Å²) in [4.78, 5) is 30.1. The smallest absolute Gasteiger partial charge is 0.255 e. The van der Waals surface area contributed by atoms with E-state index < -0.39 is 6.04 Å². The molecule has 0 aromatic heterocycles. The molecule has 4 rings (SSSR count). The van der Waals surface area contributed by atoms with E-state index in [0.29, 0.717) is 11.4 Å². The van der Waals surface area contributed by atoms with Crippen molar-refractivity contribution in [1.82, 2.24) is 0 Å². The van der Waals surface area contributed by atoms with E-state index in [9.17, 15) is 9.59 Å². The van der Waals surface area contributed by atoms with E-state index in [2.05, 4.69) is 0 Å². The molecular weight excluding hydrogens is 376 g/mol. The van der Waals surface area contributed by atoms with E-state index in [1.54, 1.807) is 16.9 Å². The molecule has 5 nitrogen and oxygen atoms in total. The number of methoxy groups -OCH3 is 1. The van der Waals surface area contributed by atoms with Crippen molar-refractivity contribution < 1.29 is 14.3 Å². The first-order valence-electron chi connectivity index (χ1n) is 9.88. The van der Waals surface area contributed by atoms with Gasteiger partial charge in [0.2, 0.25) is 5.91 Å². The van der Waals surface area contributed by atoms with E-state index in [1.165, 1.54) is 0 Å². The number of ether oxygens (including phenoxy) is 1. The second kappa shape index (κ2) is 8.03. The van der Waals surface area contributed by atoms with Crippen LogP contribution in [0, 0.1) is 13.8 Å². The van der Waals surface area contributed by atoms with E-state index in [4.69, 9.17) is 4.74 Å². The van der Waals surface area contributed by atoms with Gasteiger partial charge in [-0.2, -0.15) is 0 Å². The molecule has 0 bridgehead atoms. The highest BCUT2D eigenvalue weighted by molar-refractivity contribution is 6.14. The van der Waals surface area contributed by atoms with Crippen LogP contribution in [0.25, 0.3) is 0 Å². The standard InChI is InChI=1S/C25H24N2O3/c1-17-4-10-20(11-5-17)26-16-23(28)27(21-12-6-18(2)7-13-21)24(25(26)29)19-8-14-22(30-3)15-9-19/h4-15,24H,16H2,1-3H3. The Hall–Kier alpha value is -3.60. The molecule has 0 radical (unpaired) electrons. The number of nitrogens with zero attached hydrogens (tertiary/aromatic N) is 2. The number of rotatable bonds is 4. The average molecular weight is 400 g/mol. The molecule has 0 N–H and O–H groups in total. The lowest BCUT2D eigenvalue weighted by atomic mass is 9.99. The molecule has 1 atom stereocenters. The fraction of sp³-hybridized carbons (Fsp3) is 0.200. The normalized spacial score (nSPS) is 16.7. The highest BCUT2D eigenvalue weighted by Gasteiger charge is 2.41. The molecule has 2 amide bonds. The highest BCUT2D eigenvalue weighted by Crippen LogP contribution is 2.35. The van der Waals surface area contributed by atoms with Gasteiger partial charge in [-0.25, -0.2) is 0 Å². The number of carbonyl (C=O) groups excluding carboxylic acids is 2. The van der Waals surface area contributed by atoms with Crippen LogP contribution in [0.15, 0.2) is 72.8 Å². The topological polar surface area (TPSA) is 49.9 Å². The van der Waals surface area contributed by atoms with Gasteiger partial charge < -0.3 is 9.64 Å². The summed E-state index contributed by atoms with van der Waals surface area (Å²) >= 11 is 0. The third-order valence-corrected chi connectivity index (χ3v) is 5.41. The van der Waals surface area contributed by atoms with Gasteiger partial charge in [-0.15, -0.1) is 0 Å². The zero-order valence-electron chi connectivity index (χ0n) is 17.3. The summed E-state index contributed by atoms with van der Waals surface area (Å²) in [5.74, 6) is 0.439. The number of amides is 2. The van der Waals surface area contributed by atoms with Crippen molar-refractivity contribution in [3.05, 3.63) is 89.5 Å². The minimum Gasteiger partial charge on any atom is -0.497 e. The summed E-state index contributed by atoms with van der Waals surface area (Å²) < 4.78 is 5.25. The van der Waals surface area contributed by atoms with Crippen LogP contribution >= 0.6 is 0 Å². The Balaban J connectivity index is 1.79. The third-order valence-electron chi connectivity index (χ3n) is 5.41. The van der Waals surface area contributed by atoms with E-state index in [-0.39, 0.29) is 18.4 Å². The zero-order chi connectivity index (χ0) is 21.3. The van der Waals surface area contributed by atoms with Crippen LogP contribution in [0.2, 0.25) is 0 Å². The molecule has 0 spiro atoms. The maximum atomic E-state index is 13.7. The van der Waals surface area contributed by atoms with Gasteiger partial charge in [0.25, 0.3) is 5.91 Å². The predicted octanol–water partition coefficient (Wildman–Crippen LogP) is 4.43. The molecule has 152 valence electrons. The van der Waals surface area contributed by atoms with Crippen LogP contribution in [0.4, 0.5) is 11.4 Å². The third kappa shape index (κ3) is 3.66. The molecule has 1 aliphatic rings. The number of hydrogen-bond donors (Lipinski definition) is 0. The lowest BCUT2D eigenvalue weighted by Gasteiger charge is -2.40. The zero-order valence-corrected chi connectivity index (χ0v) is 17.3. The lowest BCUT2D eigenvalue weighted by molar-refractivity contribution is -0.128. The second-order valence-corrected chi connectivity index (χ2v) is 7.53. The first kappa shape index (κ1) is 19.7. The average Bonchev–Trinajstić information content (AvgIpc) is 2.76. The summed E-state index contributed by atoms with van der Waals surface area (Å²) in [5.41, 5.74) is 4.37. The molecule has 0 saturated carbocycles. The summed E-state index contributed by atoms with van der Waals surface area (Å²) in [6, 6.07) is 21.9. The Morgan fingerprint density at radius 2 is 1.30 bits per heavy atom. The second-order valence-electron chi connectivity index (χ2n) is 7.53. The van der Waals surface area contributed by atoms with Crippen molar-refractivity contribution >= 4 is 23.2 Å². The number of piperazine rings is 1. The number of carbonyl (C=O) groups is 2. The van der Waals surface area contributed by atoms with Crippen molar-refractivity contribution in [1.29, 1.82) is 0 Å². The Bertz CT molecular complexity index is 1060. The maximum Gasteiger partial charge on any atom is 0.255 e. The Morgan fingerprint density at radius 1 is 0.767 bits per heavy atom. The van der Waals surface area contributed by atoms with Crippen LogP contribution in [0.3, 0.4) is 0 Å². The van der Waals surface area contributed by atoms with E-state index in [1.807, 2.05) is 86.6 Å². The number of anilines is 2. The first-order chi connectivity index (χ1) is 14.5. The minimum absolute atomic E-state index is 0.00241. The molecule has 30 heavy (non-hydrogen) atoms. The van der Waals surface area contributed by atoms with Gasteiger partial charge >= 0.3 is 0 Å². The lowest BCUT2D eigenvalue weighted by Crippen LogP contribution is -2.56. The van der Waals surface area contributed by atoms with Gasteiger partial charge in [0.05, 0.1) is 7.11 Å². The Morgan fingerprint density at radius 3 is 1.83 bits per heavy atom. The van der Waals surface area contributed by atoms with Crippen LogP contribution in [-0.4, -0.2) is 25.5 Å². The summed E-state index contributed by atoms with van der Waals surface area (Å²) in [6.07, 6.45) is 0. The number of hydrogen-bond acceptors (Lipinski definition) is 3. The quantitative estimate of drug-likeness (QED) is 0.651. The molecule has 1 saturated heterocycles. The largest absolute Gasteiger partial charge is 0.497 e. The number of benzene rings is 3. The first-order valence-corrected chi connectivity index (χ1v) is 9.88. The van der Waals surface area contributed by atoms with Crippen molar-refractivity contribution in [3.63, 3.8) is 0 Å². The van der Waals surface area contributed by atoms with Crippen LogP contribution < -0.4 is 14.5 Å². The van der Waals surface area contributed by atoms with Crippen molar-refractivity contribution in [3.8, 4) is 5.75 Å². The highest BCUT2D eigenvalue weighted by atomic mass is 16.5. The van der Waals surface area contributed by atoms with Gasteiger partial charge in [-0.1, -0.05) is 47.5 Å². The molecule has 0 aliphatic carbocycles. The van der Waals surface area contributed by atoms with Gasteiger partial charge in [-0.3, -0.25) is 14.5 Å². The van der Waals surface area contributed by atoms with Crippen LogP contribution in [0.1, 0.15) is 22.7 Å². The summed E-state index contributed by atoms with van der Waals surface area (Å²) in [6.45, 7) is 3.99. The van der Waals surface area contributed by atoms with Crippen molar-refractivity contribution in [2.24, 2.45) is 0 Å². The van der Waals surface area contributed by atoms with Crippen LogP contribution in [0.5, 0.6) is 5.75 Å². The molecule has 5 heteroatoms. The molecular formula is C25H24N2O3. The molecule has 1 heterocycles. The SMILES string of the molecule is COc1ccc(C2C(=O)N(c3ccc(C)cc3)CC(=O)N2c2ccc(C)cc2)cc1. The maximum absolute atomic E-state index is 13.7. The van der Waals surface area contributed by atoms with Crippen molar-refractivity contribution in [2.75, 3.05) is 23.5 Å². The van der Waals surface area contributed by atoms with Gasteiger partial charge in [0, 0.05) is 11.4 Å². The molecule has 1 fully saturated rings. The fourth-order valence-electron chi connectivity index (χ4n) is 3.71. The fourth-order valence-corrected chi connectivity index (χ4v) is 3.71. The van der Waals surface area contributed by atoms with Gasteiger partial charge in [0.15, 0.2) is 0 Å². The summed E-state index contributed by atoms with van der Waals surface area (Å²) in [5, 5.41) is 0. The minimum atomic E-state index is -0.749. The summed E-state index contributed by atoms with van der Waals surface area (Å²) in [7, 11) is 1.60. The Kier molecular flexibility index (Phi) is 5.27. The molecule has 3 aromatic carbocycles. The van der Waals surface area contributed by atoms with Crippen LogP contribution in [-0.2, 0) is 9.59 Å². The van der Waals surface area contributed by atoms with E-state index in [0.717, 1.165) is 22.4 Å². The monoisotopic (exact) mass is 400 g/mol.